The van der Waals surface area contributed by atoms with Gasteiger partial charge in [0, 0.05) is 0 Å². The fraction of sp³-hybridized carbons (Fsp3) is 0.143. The van der Waals surface area contributed by atoms with E-state index in [0.717, 1.165) is 21.4 Å². The smallest absolute Gasteiger partial charge is 0.244 e. The SMILES string of the molecule is Cc1c(N)cnc(N2CC(=O)Nc3ccccc32)c1Br. The summed E-state index contributed by atoms with van der Waals surface area (Å²) in [6, 6.07) is 7.65. The molecule has 0 unspecified atom stereocenters. The molecule has 0 fully saturated rings. The van der Waals surface area contributed by atoms with Crippen LogP contribution in [0.2, 0.25) is 0 Å². The number of nitrogens with zero attached hydrogens (tertiary/aromatic N) is 2. The molecule has 1 aliphatic rings. The van der Waals surface area contributed by atoms with Gasteiger partial charge in [-0.2, -0.15) is 0 Å². The van der Waals surface area contributed by atoms with Crippen LogP contribution in [0.5, 0.6) is 0 Å². The highest BCUT2D eigenvalue weighted by atomic mass is 79.9. The van der Waals surface area contributed by atoms with E-state index in [0.29, 0.717) is 11.5 Å². The minimum absolute atomic E-state index is 0.0631. The minimum Gasteiger partial charge on any atom is -0.397 e. The first-order chi connectivity index (χ1) is 9.58. The van der Waals surface area contributed by atoms with Gasteiger partial charge < -0.3 is 16.0 Å². The highest BCUT2D eigenvalue weighted by molar-refractivity contribution is 9.10. The molecule has 2 heterocycles. The maximum atomic E-state index is 11.9. The van der Waals surface area contributed by atoms with Crippen LogP contribution in [0.4, 0.5) is 22.9 Å². The summed E-state index contributed by atoms with van der Waals surface area (Å²) >= 11 is 3.52. The van der Waals surface area contributed by atoms with Crippen molar-refractivity contribution in [3.8, 4) is 0 Å². The number of pyridine rings is 1. The molecule has 0 spiro atoms. The monoisotopic (exact) mass is 332 g/mol. The van der Waals surface area contributed by atoms with E-state index in [4.69, 9.17) is 5.73 Å². The van der Waals surface area contributed by atoms with Crippen LogP contribution in [-0.4, -0.2) is 17.4 Å². The topological polar surface area (TPSA) is 71.2 Å². The predicted octanol–water partition coefficient (Wildman–Crippen LogP) is 2.82. The minimum atomic E-state index is -0.0631. The van der Waals surface area contributed by atoms with Crippen LogP contribution in [-0.2, 0) is 4.79 Å². The Hall–Kier alpha value is -2.08. The summed E-state index contributed by atoms with van der Waals surface area (Å²) in [5.74, 6) is 0.630. The zero-order valence-electron chi connectivity index (χ0n) is 10.9. The van der Waals surface area contributed by atoms with Crippen molar-refractivity contribution in [3.63, 3.8) is 0 Å². The number of hydrogen-bond acceptors (Lipinski definition) is 4. The Morgan fingerprint density at radius 3 is 2.95 bits per heavy atom. The molecule has 0 radical (unpaired) electrons. The Labute approximate surface area is 124 Å². The number of fused-ring (bicyclic) bond motifs is 1. The summed E-state index contributed by atoms with van der Waals surface area (Å²) in [6.45, 7) is 2.15. The first-order valence-electron chi connectivity index (χ1n) is 6.15. The number of nitrogens with two attached hydrogens (primary N) is 1. The Morgan fingerprint density at radius 2 is 2.15 bits per heavy atom. The van der Waals surface area contributed by atoms with Crippen molar-refractivity contribution in [1.82, 2.24) is 4.98 Å². The summed E-state index contributed by atoms with van der Waals surface area (Å²) in [6.07, 6.45) is 1.62. The molecule has 102 valence electrons. The van der Waals surface area contributed by atoms with Gasteiger partial charge in [0.1, 0.15) is 12.4 Å². The molecule has 1 aromatic heterocycles. The first kappa shape index (κ1) is 12.9. The summed E-state index contributed by atoms with van der Waals surface area (Å²) in [7, 11) is 0. The zero-order valence-corrected chi connectivity index (χ0v) is 12.4. The number of amides is 1. The average Bonchev–Trinajstić information content (AvgIpc) is 2.44. The van der Waals surface area contributed by atoms with Crippen molar-refractivity contribution in [2.24, 2.45) is 0 Å². The van der Waals surface area contributed by atoms with E-state index in [1.165, 1.54) is 0 Å². The summed E-state index contributed by atoms with van der Waals surface area (Å²) < 4.78 is 0.807. The van der Waals surface area contributed by atoms with E-state index < -0.39 is 0 Å². The van der Waals surface area contributed by atoms with Crippen LogP contribution in [0.3, 0.4) is 0 Å². The van der Waals surface area contributed by atoms with Gasteiger partial charge in [-0.1, -0.05) is 12.1 Å². The summed E-state index contributed by atoms with van der Waals surface area (Å²) in [5, 5.41) is 2.86. The second-order valence-electron chi connectivity index (χ2n) is 4.63. The highest BCUT2D eigenvalue weighted by Gasteiger charge is 2.25. The lowest BCUT2D eigenvalue weighted by Crippen LogP contribution is -2.35. The number of carbonyl (C=O) groups is 1. The van der Waals surface area contributed by atoms with Gasteiger partial charge in [-0.25, -0.2) is 4.98 Å². The quantitative estimate of drug-likeness (QED) is 0.842. The third-order valence-electron chi connectivity index (χ3n) is 3.31. The van der Waals surface area contributed by atoms with E-state index in [1.54, 1.807) is 6.20 Å². The van der Waals surface area contributed by atoms with Gasteiger partial charge >= 0.3 is 0 Å². The molecule has 1 amide bonds. The maximum Gasteiger partial charge on any atom is 0.244 e. The molecular weight excluding hydrogens is 320 g/mol. The maximum absolute atomic E-state index is 11.9. The van der Waals surface area contributed by atoms with Crippen LogP contribution in [0.15, 0.2) is 34.9 Å². The van der Waals surface area contributed by atoms with Crippen molar-refractivity contribution in [2.45, 2.75) is 6.92 Å². The van der Waals surface area contributed by atoms with Crippen molar-refractivity contribution < 1.29 is 4.79 Å². The molecule has 0 atom stereocenters. The molecule has 2 aromatic rings. The Kier molecular flexibility index (Phi) is 3.10. The van der Waals surface area contributed by atoms with E-state index in [-0.39, 0.29) is 12.5 Å². The molecule has 1 aromatic carbocycles. The lowest BCUT2D eigenvalue weighted by molar-refractivity contribution is -0.115. The number of nitrogens with one attached hydrogen (secondary N) is 1. The number of nitrogen functional groups attached to an aromatic ring is 1. The van der Waals surface area contributed by atoms with Gasteiger partial charge in [0.15, 0.2) is 0 Å². The van der Waals surface area contributed by atoms with Gasteiger partial charge in [0.25, 0.3) is 0 Å². The van der Waals surface area contributed by atoms with Crippen LogP contribution in [0.1, 0.15) is 5.56 Å². The Balaban J connectivity index is 2.16. The largest absolute Gasteiger partial charge is 0.397 e. The molecule has 5 nitrogen and oxygen atoms in total. The third kappa shape index (κ3) is 2.02. The molecule has 20 heavy (non-hydrogen) atoms. The molecule has 0 saturated carbocycles. The molecular formula is C14H13BrN4O. The first-order valence-corrected chi connectivity index (χ1v) is 6.94. The molecule has 3 rings (SSSR count). The van der Waals surface area contributed by atoms with Crippen LogP contribution >= 0.6 is 15.9 Å². The van der Waals surface area contributed by atoms with Gasteiger partial charge in [0.05, 0.1) is 27.7 Å². The van der Waals surface area contributed by atoms with Crippen molar-refractivity contribution in [3.05, 3.63) is 40.5 Å². The van der Waals surface area contributed by atoms with Crippen LogP contribution in [0.25, 0.3) is 0 Å². The number of halogens is 1. The zero-order chi connectivity index (χ0) is 14.3. The Bertz CT molecular complexity index is 702. The van der Waals surface area contributed by atoms with Crippen molar-refractivity contribution in [1.29, 1.82) is 0 Å². The molecule has 3 N–H and O–H groups in total. The number of carbonyl (C=O) groups excluding carboxylic acids is 1. The number of aromatic nitrogens is 1. The fourth-order valence-electron chi connectivity index (χ4n) is 2.19. The molecule has 0 bridgehead atoms. The molecule has 1 aliphatic heterocycles. The van der Waals surface area contributed by atoms with Gasteiger partial charge in [0.2, 0.25) is 5.91 Å². The second-order valence-corrected chi connectivity index (χ2v) is 5.42. The highest BCUT2D eigenvalue weighted by Crippen LogP contribution is 2.38. The summed E-state index contributed by atoms with van der Waals surface area (Å²) in [5.41, 5.74) is 9.09. The Morgan fingerprint density at radius 1 is 1.40 bits per heavy atom. The van der Waals surface area contributed by atoms with Gasteiger partial charge in [-0.15, -0.1) is 0 Å². The average molecular weight is 333 g/mol. The fourth-order valence-corrected chi connectivity index (χ4v) is 2.73. The van der Waals surface area contributed by atoms with Crippen LogP contribution < -0.4 is 16.0 Å². The standard InChI is InChI=1S/C14H13BrN4O/c1-8-9(16)6-17-14(13(8)15)19-7-12(20)18-10-4-2-3-5-11(10)19/h2-6H,7,16H2,1H3,(H,18,20). The van der Waals surface area contributed by atoms with E-state index in [9.17, 15) is 4.79 Å². The van der Waals surface area contributed by atoms with Gasteiger partial charge in [-0.3, -0.25) is 4.79 Å². The predicted molar refractivity (Wildman–Crippen MR) is 83.2 cm³/mol. The number of rotatable bonds is 1. The normalized spacial score (nSPS) is 13.9. The second kappa shape index (κ2) is 4.79. The molecule has 0 saturated heterocycles. The molecule has 6 heteroatoms. The number of benzene rings is 1. The summed E-state index contributed by atoms with van der Waals surface area (Å²) in [4.78, 5) is 18.1. The third-order valence-corrected chi connectivity index (χ3v) is 4.26. The van der Waals surface area contributed by atoms with E-state index >= 15 is 0 Å². The van der Waals surface area contributed by atoms with Crippen LogP contribution in [0, 0.1) is 6.92 Å². The lowest BCUT2D eigenvalue weighted by Gasteiger charge is -2.31. The molecule has 0 aliphatic carbocycles. The van der Waals surface area contributed by atoms with Crippen molar-refractivity contribution in [2.75, 3.05) is 22.5 Å². The number of para-hydroxylation sites is 2. The number of anilines is 4. The van der Waals surface area contributed by atoms with Crippen molar-refractivity contribution >= 4 is 44.7 Å². The van der Waals surface area contributed by atoms with E-state index in [2.05, 4.69) is 26.2 Å². The van der Waals surface area contributed by atoms with E-state index in [1.807, 2.05) is 36.1 Å². The lowest BCUT2D eigenvalue weighted by atomic mass is 10.1. The number of hydrogen-bond donors (Lipinski definition) is 2. The van der Waals surface area contributed by atoms with Gasteiger partial charge in [-0.05, 0) is 40.5 Å².